The zero-order chi connectivity index (χ0) is 21.7. The van der Waals surface area contributed by atoms with Gasteiger partial charge in [-0.05, 0) is 51.9 Å². The van der Waals surface area contributed by atoms with Gasteiger partial charge in [0.1, 0.15) is 11.4 Å². The molecule has 11 heteroatoms. The van der Waals surface area contributed by atoms with Crippen molar-refractivity contribution >= 4 is 40.0 Å². The van der Waals surface area contributed by atoms with Gasteiger partial charge in [-0.1, -0.05) is 0 Å². The van der Waals surface area contributed by atoms with Gasteiger partial charge in [-0.3, -0.25) is 4.79 Å². The fourth-order valence-corrected chi connectivity index (χ4v) is 4.56. The summed E-state index contributed by atoms with van der Waals surface area (Å²) in [7, 11) is 0. The van der Waals surface area contributed by atoms with E-state index in [1.54, 1.807) is 20.0 Å². The number of rotatable bonds is 9. The van der Waals surface area contributed by atoms with Gasteiger partial charge in [0.2, 0.25) is 0 Å². The standard InChI is InChI=1S/C19H22F3N5OS2/c1-11(2)26-27-13(19(20,21)22)5-3-4-8-23-16(28)14-15(12-6-7-12)30-18(25-14)17-24-9-10-29-17/h9-10,12H,3-8H2,1-2H3,(H,23,28)/b27-13-. The minimum atomic E-state index is -4.51. The number of hydrogen-bond donors (Lipinski definition) is 1. The van der Waals surface area contributed by atoms with Crippen LogP contribution in [0.15, 0.2) is 21.8 Å². The van der Waals surface area contributed by atoms with E-state index >= 15 is 0 Å². The van der Waals surface area contributed by atoms with E-state index in [0.717, 1.165) is 27.7 Å². The number of nitrogens with one attached hydrogen (secondary N) is 1. The molecule has 2 aromatic rings. The zero-order valence-electron chi connectivity index (χ0n) is 16.6. The van der Waals surface area contributed by atoms with Crippen LogP contribution >= 0.6 is 22.7 Å². The van der Waals surface area contributed by atoms with Crippen LogP contribution in [0.2, 0.25) is 0 Å². The molecule has 2 aromatic heterocycles. The van der Waals surface area contributed by atoms with Gasteiger partial charge >= 0.3 is 6.18 Å². The van der Waals surface area contributed by atoms with Crippen LogP contribution < -0.4 is 5.32 Å². The topological polar surface area (TPSA) is 79.6 Å². The molecule has 1 saturated carbocycles. The van der Waals surface area contributed by atoms with Crippen LogP contribution in [0.3, 0.4) is 0 Å². The molecular weight excluding hydrogens is 435 g/mol. The third-order valence-corrected chi connectivity index (χ3v) is 6.39. The molecule has 1 amide bonds. The fraction of sp³-hybridized carbons (Fsp3) is 0.526. The Hall–Kier alpha value is -2.14. The molecule has 2 heterocycles. The number of carbonyl (C=O) groups excluding carboxylic acids is 1. The van der Waals surface area contributed by atoms with Crippen molar-refractivity contribution in [2.24, 2.45) is 10.2 Å². The van der Waals surface area contributed by atoms with Crippen LogP contribution in [-0.2, 0) is 0 Å². The summed E-state index contributed by atoms with van der Waals surface area (Å²) in [4.78, 5) is 22.3. The summed E-state index contributed by atoms with van der Waals surface area (Å²) >= 11 is 2.97. The predicted octanol–water partition coefficient (Wildman–Crippen LogP) is 5.44. The minimum Gasteiger partial charge on any atom is -0.351 e. The highest BCUT2D eigenvalue weighted by molar-refractivity contribution is 7.20. The normalized spacial score (nSPS) is 14.6. The molecule has 1 fully saturated rings. The lowest BCUT2D eigenvalue weighted by Gasteiger charge is -2.09. The second kappa shape index (κ2) is 9.78. The van der Waals surface area contributed by atoms with Crippen molar-refractivity contribution in [2.45, 2.75) is 58.0 Å². The Morgan fingerprint density at radius 3 is 2.60 bits per heavy atom. The van der Waals surface area contributed by atoms with E-state index in [2.05, 4.69) is 25.5 Å². The van der Waals surface area contributed by atoms with Crippen LogP contribution in [-0.4, -0.2) is 40.0 Å². The largest absolute Gasteiger partial charge is 0.431 e. The third kappa shape index (κ3) is 6.18. The van der Waals surface area contributed by atoms with E-state index in [4.69, 9.17) is 0 Å². The summed E-state index contributed by atoms with van der Waals surface area (Å²) < 4.78 is 39.0. The molecule has 0 unspecified atom stereocenters. The van der Waals surface area contributed by atoms with Crippen molar-refractivity contribution in [3.63, 3.8) is 0 Å². The number of carbonyl (C=O) groups is 1. The fourth-order valence-electron chi connectivity index (χ4n) is 2.65. The van der Waals surface area contributed by atoms with Gasteiger partial charge in [0.15, 0.2) is 10.0 Å². The molecule has 3 rings (SSSR count). The van der Waals surface area contributed by atoms with Gasteiger partial charge in [0, 0.05) is 28.7 Å². The van der Waals surface area contributed by atoms with Gasteiger partial charge in [0.05, 0.1) is 0 Å². The highest BCUT2D eigenvalue weighted by Gasteiger charge is 2.35. The number of thiazole rings is 2. The maximum Gasteiger partial charge on any atom is 0.431 e. The molecule has 0 saturated heterocycles. The van der Waals surface area contributed by atoms with Crippen molar-refractivity contribution in [3.05, 3.63) is 22.1 Å². The van der Waals surface area contributed by atoms with Gasteiger partial charge in [-0.25, -0.2) is 9.97 Å². The van der Waals surface area contributed by atoms with E-state index in [1.807, 2.05) is 5.38 Å². The van der Waals surface area contributed by atoms with Gasteiger partial charge < -0.3 is 5.32 Å². The highest BCUT2D eigenvalue weighted by Crippen LogP contribution is 2.46. The maximum absolute atomic E-state index is 13.0. The van der Waals surface area contributed by atoms with E-state index in [-0.39, 0.29) is 25.3 Å². The van der Waals surface area contributed by atoms with Crippen molar-refractivity contribution < 1.29 is 18.0 Å². The van der Waals surface area contributed by atoms with Crippen LogP contribution in [0.1, 0.15) is 67.2 Å². The number of unbranched alkanes of at least 4 members (excludes halogenated alkanes) is 1. The molecule has 1 aliphatic rings. The summed E-state index contributed by atoms with van der Waals surface area (Å²) in [5.41, 5.74) is -0.0347. The molecule has 6 nitrogen and oxygen atoms in total. The summed E-state index contributed by atoms with van der Waals surface area (Å²) in [6.45, 7) is 3.44. The van der Waals surface area contributed by atoms with Gasteiger partial charge in [-0.15, -0.1) is 22.7 Å². The molecular formula is C19H22F3N5OS2. The minimum absolute atomic E-state index is 0.242. The molecule has 1 N–H and O–H groups in total. The van der Waals surface area contributed by atoms with E-state index in [1.165, 1.54) is 22.7 Å². The first-order valence-corrected chi connectivity index (χ1v) is 11.3. The highest BCUT2D eigenvalue weighted by atomic mass is 32.1. The molecule has 0 radical (unpaired) electrons. The average Bonchev–Trinajstić information content (AvgIpc) is 3.18. The van der Waals surface area contributed by atoms with Crippen molar-refractivity contribution in [1.82, 2.24) is 15.3 Å². The van der Waals surface area contributed by atoms with Crippen LogP contribution in [0, 0.1) is 0 Å². The van der Waals surface area contributed by atoms with Crippen LogP contribution in [0.5, 0.6) is 0 Å². The predicted molar refractivity (Wildman–Crippen MR) is 114 cm³/mol. The molecule has 0 atom stereocenters. The molecule has 0 aromatic carbocycles. The lowest BCUT2D eigenvalue weighted by Crippen LogP contribution is -2.26. The number of nitrogens with zero attached hydrogens (tertiary/aromatic N) is 4. The van der Waals surface area contributed by atoms with Crippen molar-refractivity contribution in [2.75, 3.05) is 6.54 Å². The average molecular weight is 458 g/mol. The van der Waals surface area contributed by atoms with Crippen LogP contribution in [0.4, 0.5) is 13.2 Å². The van der Waals surface area contributed by atoms with Gasteiger partial charge in [0.25, 0.3) is 5.91 Å². The number of alkyl halides is 3. The molecule has 1 aliphatic carbocycles. The SMILES string of the molecule is CC(C)=N/N=C(/CCCCNC(=O)c1nc(-c2nccs2)sc1C1CC1)C(F)(F)F. The van der Waals surface area contributed by atoms with Gasteiger partial charge in [-0.2, -0.15) is 23.4 Å². The third-order valence-electron chi connectivity index (χ3n) is 4.26. The van der Waals surface area contributed by atoms with Crippen molar-refractivity contribution in [1.29, 1.82) is 0 Å². The second-order valence-corrected chi connectivity index (χ2v) is 9.07. The molecule has 30 heavy (non-hydrogen) atoms. The Bertz CT molecular complexity index is 927. The first-order chi connectivity index (χ1) is 14.3. The number of amides is 1. The Balaban J connectivity index is 1.54. The van der Waals surface area contributed by atoms with E-state index in [9.17, 15) is 18.0 Å². The van der Waals surface area contributed by atoms with E-state index in [0.29, 0.717) is 23.7 Å². The smallest absolute Gasteiger partial charge is 0.351 e. The Morgan fingerprint density at radius 2 is 2.00 bits per heavy atom. The summed E-state index contributed by atoms with van der Waals surface area (Å²) in [6.07, 6.45) is -0.323. The summed E-state index contributed by atoms with van der Waals surface area (Å²) in [5, 5.41) is 13.0. The summed E-state index contributed by atoms with van der Waals surface area (Å²) in [6, 6.07) is 0. The Morgan fingerprint density at radius 1 is 1.23 bits per heavy atom. The quantitative estimate of drug-likeness (QED) is 0.309. The maximum atomic E-state index is 13.0. The molecule has 0 bridgehead atoms. The Kier molecular flexibility index (Phi) is 7.35. The molecule has 0 spiro atoms. The number of halogens is 3. The monoisotopic (exact) mass is 457 g/mol. The second-order valence-electron chi connectivity index (χ2n) is 7.15. The number of hydrogen-bond acceptors (Lipinski definition) is 7. The lowest BCUT2D eigenvalue weighted by molar-refractivity contribution is -0.0607. The summed E-state index contributed by atoms with van der Waals surface area (Å²) in [5.74, 6) is 0.0805. The van der Waals surface area contributed by atoms with Crippen LogP contribution in [0.25, 0.3) is 10.0 Å². The Labute approximate surface area is 180 Å². The zero-order valence-corrected chi connectivity index (χ0v) is 18.3. The first kappa shape index (κ1) is 22.5. The lowest BCUT2D eigenvalue weighted by atomic mass is 10.1. The molecule has 0 aliphatic heterocycles. The first-order valence-electron chi connectivity index (χ1n) is 9.59. The van der Waals surface area contributed by atoms with Crippen molar-refractivity contribution in [3.8, 4) is 10.0 Å². The molecule has 162 valence electrons. The van der Waals surface area contributed by atoms with E-state index < -0.39 is 11.9 Å². The number of aromatic nitrogens is 2.